The highest BCUT2D eigenvalue weighted by Gasteiger charge is 2.16. The van der Waals surface area contributed by atoms with Gasteiger partial charge in [0.25, 0.3) is 5.91 Å². The minimum atomic E-state index is -0.225. The lowest BCUT2D eigenvalue weighted by atomic mass is 10.1. The van der Waals surface area contributed by atoms with Gasteiger partial charge >= 0.3 is 0 Å². The van der Waals surface area contributed by atoms with Gasteiger partial charge in [-0.25, -0.2) is 0 Å². The van der Waals surface area contributed by atoms with Crippen LogP contribution in [0.5, 0.6) is 0 Å². The molecule has 0 saturated carbocycles. The van der Waals surface area contributed by atoms with E-state index in [0.29, 0.717) is 26.5 Å². The van der Waals surface area contributed by atoms with Crippen LogP contribution in [0.3, 0.4) is 0 Å². The molecule has 3 heterocycles. The monoisotopic (exact) mass is 403 g/mol. The topological polar surface area (TPSA) is 93.8 Å². The number of amides is 1. The molecule has 0 fully saturated rings. The predicted molar refractivity (Wildman–Crippen MR) is 101 cm³/mol. The number of nitrogens with one attached hydrogen (secondary N) is 1. The van der Waals surface area contributed by atoms with Gasteiger partial charge < -0.3 is 9.73 Å². The largest absolute Gasteiger partial charge is 0.423 e. The molecule has 0 atom stereocenters. The van der Waals surface area contributed by atoms with Crippen molar-refractivity contribution in [1.29, 1.82) is 0 Å². The van der Waals surface area contributed by atoms with Crippen LogP contribution in [0.25, 0.3) is 21.9 Å². The molecule has 0 aliphatic heterocycles. The van der Waals surface area contributed by atoms with Crippen LogP contribution in [0.15, 0.2) is 41.1 Å². The number of anilines is 1. The van der Waals surface area contributed by atoms with Gasteiger partial charge in [-0.1, -0.05) is 16.1 Å². The van der Waals surface area contributed by atoms with E-state index in [0.717, 1.165) is 27.5 Å². The fraction of sp³-hybridized carbons (Fsp3) is 0.0625. The van der Waals surface area contributed by atoms with Crippen molar-refractivity contribution in [3.63, 3.8) is 0 Å². The Labute approximate surface area is 160 Å². The molecule has 1 amide bonds. The highest BCUT2D eigenvalue weighted by atomic mass is 35.5. The maximum atomic E-state index is 12.3. The lowest BCUT2D eigenvalue weighted by Gasteiger charge is -2.04. The molecule has 0 bridgehead atoms. The Morgan fingerprint density at radius 1 is 1.23 bits per heavy atom. The summed E-state index contributed by atoms with van der Waals surface area (Å²) in [6, 6.07) is 9.20. The number of nitrogens with zero attached hydrogens (tertiary/aromatic N) is 4. The Kier molecular flexibility index (Phi) is 4.49. The number of carbonyl (C=O) groups is 1. The van der Waals surface area contributed by atoms with Gasteiger partial charge in [0.1, 0.15) is 4.88 Å². The number of carbonyl (C=O) groups excluding carboxylic acids is 1. The molecule has 0 saturated heterocycles. The first-order valence-electron chi connectivity index (χ1n) is 7.38. The zero-order chi connectivity index (χ0) is 18.1. The van der Waals surface area contributed by atoms with Crippen LogP contribution >= 0.6 is 34.5 Å². The Bertz CT molecular complexity index is 1070. The zero-order valence-corrected chi connectivity index (χ0v) is 15.7. The van der Waals surface area contributed by atoms with Crippen molar-refractivity contribution in [2.45, 2.75) is 6.92 Å². The van der Waals surface area contributed by atoms with Gasteiger partial charge in [0.2, 0.25) is 12.3 Å². The number of hydrogen-bond donors (Lipinski definition) is 1. The molecular weight excluding hydrogens is 394 g/mol. The molecule has 26 heavy (non-hydrogen) atoms. The van der Waals surface area contributed by atoms with E-state index in [-0.39, 0.29) is 5.91 Å². The van der Waals surface area contributed by atoms with E-state index in [1.165, 1.54) is 17.7 Å². The Morgan fingerprint density at radius 2 is 2.12 bits per heavy atom. The van der Waals surface area contributed by atoms with Gasteiger partial charge in [0.05, 0.1) is 10.7 Å². The second kappa shape index (κ2) is 6.94. The van der Waals surface area contributed by atoms with Crippen LogP contribution in [0.4, 0.5) is 5.00 Å². The minimum Gasteiger partial charge on any atom is -0.423 e. The van der Waals surface area contributed by atoms with Crippen molar-refractivity contribution in [3.8, 4) is 21.9 Å². The van der Waals surface area contributed by atoms with Crippen molar-refractivity contribution >= 4 is 45.4 Å². The third-order valence-electron chi connectivity index (χ3n) is 3.54. The van der Waals surface area contributed by atoms with Gasteiger partial charge in [-0.3, -0.25) is 4.79 Å². The molecular formula is C16H10ClN5O2S2. The summed E-state index contributed by atoms with van der Waals surface area (Å²) >= 11 is 8.84. The van der Waals surface area contributed by atoms with Crippen molar-refractivity contribution < 1.29 is 9.21 Å². The summed E-state index contributed by atoms with van der Waals surface area (Å²) in [7, 11) is 0. The molecule has 4 rings (SSSR count). The molecule has 0 aliphatic carbocycles. The first-order valence-corrected chi connectivity index (χ1v) is 9.35. The van der Waals surface area contributed by atoms with E-state index in [1.807, 2.05) is 24.3 Å². The Hall–Kier alpha value is -2.62. The van der Waals surface area contributed by atoms with Crippen molar-refractivity contribution in [2.24, 2.45) is 0 Å². The first-order chi connectivity index (χ1) is 12.6. The molecule has 1 aromatic carbocycles. The zero-order valence-electron chi connectivity index (χ0n) is 13.3. The average Bonchev–Trinajstić information content (AvgIpc) is 3.36. The number of hydrogen-bond acceptors (Lipinski definition) is 8. The second-order valence-electron chi connectivity index (χ2n) is 5.24. The number of aromatic nitrogens is 4. The average molecular weight is 404 g/mol. The minimum absolute atomic E-state index is 0.225. The molecule has 4 aromatic rings. The van der Waals surface area contributed by atoms with Gasteiger partial charge in [-0.15, -0.1) is 26.6 Å². The number of benzene rings is 1. The van der Waals surface area contributed by atoms with Gasteiger partial charge in [-0.05, 0) is 48.8 Å². The van der Waals surface area contributed by atoms with E-state index < -0.39 is 0 Å². The SMILES string of the molecule is Cc1nnsc1C(=O)Nc1ccc(-c2cc(-c3nnco3)ccc2Cl)s1. The first kappa shape index (κ1) is 16.8. The van der Waals surface area contributed by atoms with Crippen molar-refractivity contribution in [3.05, 3.63) is 52.3 Å². The van der Waals surface area contributed by atoms with E-state index in [2.05, 4.69) is 25.1 Å². The highest BCUT2D eigenvalue weighted by molar-refractivity contribution is 7.19. The molecule has 0 unspecified atom stereocenters. The van der Waals surface area contributed by atoms with E-state index in [1.54, 1.807) is 13.0 Å². The maximum absolute atomic E-state index is 12.3. The van der Waals surface area contributed by atoms with Crippen molar-refractivity contribution in [1.82, 2.24) is 19.8 Å². The normalized spacial score (nSPS) is 10.8. The summed E-state index contributed by atoms with van der Waals surface area (Å²) in [5, 5.41) is 15.6. The smallest absolute Gasteiger partial charge is 0.269 e. The van der Waals surface area contributed by atoms with E-state index in [4.69, 9.17) is 16.0 Å². The number of thiophene rings is 1. The number of rotatable bonds is 4. The number of aryl methyl sites for hydroxylation is 1. The fourth-order valence-electron chi connectivity index (χ4n) is 2.30. The van der Waals surface area contributed by atoms with Crippen LogP contribution < -0.4 is 5.32 Å². The summed E-state index contributed by atoms with van der Waals surface area (Å²) in [5.74, 6) is 0.192. The molecule has 0 spiro atoms. The van der Waals surface area contributed by atoms with E-state index in [9.17, 15) is 4.79 Å². The molecule has 7 nitrogen and oxygen atoms in total. The predicted octanol–water partition coefficient (Wildman–Crippen LogP) is 4.53. The quantitative estimate of drug-likeness (QED) is 0.538. The summed E-state index contributed by atoms with van der Waals surface area (Å²) in [4.78, 5) is 13.7. The van der Waals surface area contributed by atoms with Crippen LogP contribution in [-0.2, 0) is 0 Å². The van der Waals surface area contributed by atoms with Crippen molar-refractivity contribution in [2.75, 3.05) is 5.32 Å². The van der Waals surface area contributed by atoms with Crippen LogP contribution in [0.2, 0.25) is 5.02 Å². The second-order valence-corrected chi connectivity index (χ2v) is 7.49. The molecule has 0 radical (unpaired) electrons. The molecule has 10 heteroatoms. The Balaban J connectivity index is 1.61. The van der Waals surface area contributed by atoms with Gasteiger partial charge in [0, 0.05) is 21.0 Å². The van der Waals surface area contributed by atoms with Gasteiger partial charge in [-0.2, -0.15) is 0 Å². The highest BCUT2D eigenvalue weighted by Crippen LogP contribution is 2.38. The number of halogens is 1. The lowest BCUT2D eigenvalue weighted by Crippen LogP contribution is -2.10. The third kappa shape index (κ3) is 3.24. The summed E-state index contributed by atoms with van der Waals surface area (Å²) in [6.45, 7) is 1.75. The molecule has 1 N–H and O–H groups in total. The Morgan fingerprint density at radius 3 is 2.85 bits per heavy atom. The van der Waals surface area contributed by atoms with Gasteiger partial charge in [0.15, 0.2) is 0 Å². The lowest BCUT2D eigenvalue weighted by molar-refractivity contribution is 0.103. The fourth-order valence-corrected chi connectivity index (χ4v) is 4.06. The van der Waals surface area contributed by atoms with Crippen LogP contribution in [-0.4, -0.2) is 25.7 Å². The van der Waals surface area contributed by atoms with Crippen LogP contribution in [0.1, 0.15) is 15.4 Å². The summed E-state index contributed by atoms with van der Waals surface area (Å²) < 4.78 is 9.01. The molecule has 0 aliphatic rings. The maximum Gasteiger partial charge on any atom is 0.269 e. The molecule has 130 valence electrons. The third-order valence-corrected chi connectivity index (χ3v) is 5.73. The summed E-state index contributed by atoms with van der Waals surface area (Å²) in [5.41, 5.74) is 2.20. The molecule has 3 aromatic heterocycles. The van der Waals surface area contributed by atoms with E-state index >= 15 is 0 Å². The standard InChI is InChI=1S/C16H10ClN5O2S2/c1-8-14(26-22-20-8)15(23)19-13-5-4-12(25-13)10-6-9(2-3-11(10)17)16-21-18-7-24-16/h2-7H,1H3,(H,19,23). The van der Waals surface area contributed by atoms with Crippen LogP contribution in [0, 0.1) is 6.92 Å². The summed E-state index contributed by atoms with van der Waals surface area (Å²) in [6.07, 6.45) is 1.28.